The molecular weight excluding hydrogens is 326 g/mol. The summed E-state index contributed by atoms with van der Waals surface area (Å²) in [5.74, 6) is 0.134. The second kappa shape index (κ2) is 6.90. The van der Waals surface area contributed by atoms with E-state index in [4.69, 9.17) is 4.52 Å². The van der Waals surface area contributed by atoms with Gasteiger partial charge in [-0.2, -0.15) is 0 Å². The number of aromatic nitrogens is 2. The zero-order valence-electron chi connectivity index (χ0n) is 16.2. The molecule has 0 saturated heterocycles. The van der Waals surface area contributed by atoms with Crippen molar-refractivity contribution < 1.29 is 9.32 Å². The molecule has 1 unspecified atom stereocenters. The van der Waals surface area contributed by atoms with Crippen LogP contribution in [0, 0.1) is 13.8 Å². The fourth-order valence-corrected chi connectivity index (χ4v) is 3.01. The van der Waals surface area contributed by atoms with Gasteiger partial charge in [0.1, 0.15) is 0 Å². The Kier molecular flexibility index (Phi) is 4.81. The zero-order valence-corrected chi connectivity index (χ0v) is 16.2. The predicted octanol–water partition coefficient (Wildman–Crippen LogP) is 4.80. The first-order valence-electron chi connectivity index (χ1n) is 8.90. The Bertz CT molecular complexity index is 942. The van der Waals surface area contributed by atoms with Gasteiger partial charge in [0.25, 0.3) is 11.6 Å². The van der Waals surface area contributed by atoms with Gasteiger partial charge in [0, 0.05) is 12.7 Å². The van der Waals surface area contributed by atoms with Gasteiger partial charge in [-0.05, 0) is 38.3 Å². The van der Waals surface area contributed by atoms with Crippen molar-refractivity contribution in [1.29, 1.82) is 0 Å². The Labute approximate surface area is 154 Å². The van der Waals surface area contributed by atoms with Crippen molar-refractivity contribution in [2.75, 3.05) is 7.05 Å². The largest absolute Gasteiger partial charge is 0.336 e. The van der Waals surface area contributed by atoms with Gasteiger partial charge in [0.2, 0.25) is 0 Å². The topological polar surface area (TPSA) is 59.2 Å². The van der Waals surface area contributed by atoms with E-state index in [1.807, 2.05) is 40.8 Å². The number of hydrogen-bond acceptors (Lipinski definition) is 4. The molecule has 0 fully saturated rings. The number of fused-ring (bicyclic) bond motifs is 1. The molecule has 5 nitrogen and oxygen atoms in total. The quantitative estimate of drug-likeness (QED) is 0.678. The van der Waals surface area contributed by atoms with Gasteiger partial charge in [-0.15, -0.1) is 0 Å². The maximum Gasteiger partial charge on any atom is 0.259 e. The van der Waals surface area contributed by atoms with Gasteiger partial charge >= 0.3 is 0 Å². The molecule has 0 aliphatic heterocycles. The second-order valence-corrected chi connectivity index (χ2v) is 7.20. The molecule has 1 aromatic carbocycles. The van der Waals surface area contributed by atoms with Crippen LogP contribution in [0.25, 0.3) is 11.1 Å². The van der Waals surface area contributed by atoms with Crippen molar-refractivity contribution in [2.24, 2.45) is 0 Å². The molecule has 3 rings (SSSR count). The van der Waals surface area contributed by atoms with Crippen LogP contribution in [-0.2, 0) is 0 Å². The molecule has 5 heteroatoms. The van der Waals surface area contributed by atoms with Crippen LogP contribution in [-0.4, -0.2) is 28.0 Å². The van der Waals surface area contributed by atoms with Crippen molar-refractivity contribution in [3.63, 3.8) is 0 Å². The summed E-state index contributed by atoms with van der Waals surface area (Å²) in [5, 5.41) is 4.70. The smallest absolute Gasteiger partial charge is 0.259 e. The van der Waals surface area contributed by atoms with Gasteiger partial charge in [-0.3, -0.25) is 4.79 Å². The third-order valence-electron chi connectivity index (χ3n) is 4.92. The molecule has 0 bridgehead atoms. The number of hydrogen-bond donors (Lipinski definition) is 0. The molecule has 0 aliphatic carbocycles. The zero-order chi connectivity index (χ0) is 19.0. The molecule has 0 aliphatic rings. The Morgan fingerprint density at radius 2 is 1.77 bits per heavy atom. The number of carbonyl (C=O) groups is 1. The van der Waals surface area contributed by atoms with Gasteiger partial charge in [-0.25, -0.2) is 4.98 Å². The predicted molar refractivity (Wildman–Crippen MR) is 102 cm³/mol. The molecule has 0 N–H and O–H groups in total. The second-order valence-electron chi connectivity index (χ2n) is 7.20. The molecule has 3 aromatic rings. The summed E-state index contributed by atoms with van der Waals surface area (Å²) in [6.07, 6.45) is 0. The van der Waals surface area contributed by atoms with E-state index in [2.05, 4.69) is 41.3 Å². The first-order valence-corrected chi connectivity index (χ1v) is 8.90. The molecule has 1 atom stereocenters. The third kappa shape index (κ3) is 3.21. The number of aryl methyl sites for hydroxylation is 2. The van der Waals surface area contributed by atoms with Crippen LogP contribution in [0.1, 0.15) is 65.6 Å². The van der Waals surface area contributed by atoms with E-state index in [9.17, 15) is 4.79 Å². The minimum atomic E-state index is -0.0568. The Morgan fingerprint density at radius 3 is 2.38 bits per heavy atom. The van der Waals surface area contributed by atoms with Crippen molar-refractivity contribution in [1.82, 2.24) is 15.0 Å². The first-order chi connectivity index (χ1) is 12.3. The number of rotatable bonds is 4. The summed E-state index contributed by atoms with van der Waals surface area (Å²) in [6.45, 7) is 10.0. The fraction of sp³-hybridized carbons (Fsp3) is 0.381. The maximum atomic E-state index is 13.3. The number of carbonyl (C=O) groups excluding carboxylic acids is 1. The monoisotopic (exact) mass is 351 g/mol. The highest BCUT2D eigenvalue weighted by Crippen LogP contribution is 2.28. The van der Waals surface area contributed by atoms with E-state index in [1.165, 1.54) is 5.56 Å². The molecule has 2 aromatic heterocycles. The average Bonchev–Trinajstić information content (AvgIpc) is 3.01. The van der Waals surface area contributed by atoms with E-state index < -0.39 is 0 Å². The van der Waals surface area contributed by atoms with Crippen molar-refractivity contribution in [2.45, 2.75) is 46.6 Å². The highest BCUT2D eigenvalue weighted by Gasteiger charge is 2.25. The van der Waals surface area contributed by atoms with E-state index >= 15 is 0 Å². The number of amides is 1. The lowest BCUT2D eigenvalue weighted by atomic mass is 10.0. The summed E-state index contributed by atoms with van der Waals surface area (Å²) in [7, 11) is 1.83. The van der Waals surface area contributed by atoms with Crippen LogP contribution in [0.3, 0.4) is 0 Å². The molecule has 1 amide bonds. The molecule has 0 radical (unpaired) electrons. The summed E-state index contributed by atoms with van der Waals surface area (Å²) < 4.78 is 5.34. The Balaban J connectivity index is 2.03. The molecule has 26 heavy (non-hydrogen) atoms. The lowest BCUT2D eigenvalue weighted by Crippen LogP contribution is -2.30. The molecular formula is C21H25N3O2. The van der Waals surface area contributed by atoms with E-state index in [-0.39, 0.29) is 17.9 Å². The van der Waals surface area contributed by atoms with Crippen molar-refractivity contribution in [3.05, 3.63) is 58.4 Å². The lowest BCUT2D eigenvalue weighted by Gasteiger charge is -2.26. The third-order valence-corrected chi connectivity index (χ3v) is 4.92. The molecule has 2 heterocycles. The van der Waals surface area contributed by atoms with Gasteiger partial charge in [-0.1, -0.05) is 48.8 Å². The lowest BCUT2D eigenvalue weighted by molar-refractivity contribution is 0.0744. The maximum absolute atomic E-state index is 13.3. The summed E-state index contributed by atoms with van der Waals surface area (Å²) >= 11 is 0. The number of nitrogens with zero attached hydrogens (tertiary/aromatic N) is 3. The van der Waals surface area contributed by atoms with E-state index in [0.29, 0.717) is 22.4 Å². The van der Waals surface area contributed by atoms with Crippen LogP contribution >= 0.6 is 0 Å². The van der Waals surface area contributed by atoms with Crippen LogP contribution in [0.5, 0.6) is 0 Å². The minimum absolute atomic E-state index is 0.0472. The van der Waals surface area contributed by atoms with Crippen LogP contribution < -0.4 is 0 Å². The normalized spacial score (nSPS) is 12.6. The highest BCUT2D eigenvalue weighted by molar-refractivity contribution is 6.06. The van der Waals surface area contributed by atoms with Gasteiger partial charge in [0.15, 0.2) is 0 Å². The average molecular weight is 351 g/mol. The SMILES string of the molecule is Cc1ccc(C(C)N(C)C(=O)c2cc(C(C)C)nc3onc(C)c23)cc1. The van der Waals surface area contributed by atoms with E-state index in [1.54, 1.807) is 4.90 Å². The van der Waals surface area contributed by atoms with Crippen molar-refractivity contribution in [3.8, 4) is 0 Å². The fourth-order valence-electron chi connectivity index (χ4n) is 3.01. The summed E-state index contributed by atoms with van der Waals surface area (Å²) in [6, 6.07) is 10.1. The van der Waals surface area contributed by atoms with Crippen LogP contribution in [0.4, 0.5) is 0 Å². The number of pyridine rings is 1. The van der Waals surface area contributed by atoms with Crippen LogP contribution in [0.15, 0.2) is 34.9 Å². The van der Waals surface area contributed by atoms with Gasteiger partial charge < -0.3 is 9.42 Å². The highest BCUT2D eigenvalue weighted by atomic mass is 16.5. The standard InChI is InChI=1S/C21H25N3O2/c1-12(2)18-11-17(19-14(4)23-26-20(19)22-18)21(25)24(6)15(5)16-9-7-13(3)8-10-16/h7-12,15H,1-6H3. The molecule has 0 saturated carbocycles. The summed E-state index contributed by atoms with van der Waals surface area (Å²) in [4.78, 5) is 19.6. The van der Waals surface area contributed by atoms with Crippen LogP contribution in [0.2, 0.25) is 0 Å². The van der Waals surface area contributed by atoms with Gasteiger partial charge in [0.05, 0.1) is 22.7 Å². The minimum Gasteiger partial charge on any atom is -0.336 e. The Hall–Kier alpha value is -2.69. The molecule has 136 valence electrons. The number of benzene rings is 1. The Morgan fingerprint density at radius 1 is 1.12 bits per heavy atom. The van der Waals surface area contributed by atoms with E-state index in [0.717, 1.165) is 11.3 Å². The van der Waals surface area contributed by atoms with Crippen molar-refractivity contribution >= 4 is 17.0 Å². The first kappa shape index (κ1) is 18.1. The summed E-state index contributed by atoms with van der Waals surface area (Å²) in [5.41, 5.74) is 4.83. The molecule has 0 spiro atoms.